The van der Waals surface area contributed by atoms with Gasteiger partial charge in [-0.25, -0.2) is 0 Å². The maximum Gasteiger partial charge on any atom is 0.184 e. The SMILES string of the molecule is CO[C@H]1O[C@H](COCc2ccccc2)[C@H](OCc2ccccc2)[C@@H](C=O)[C@H]1OCc1ccccc1. The van der Waals surface area contributed by atoms with Crippen molar-refractivity contribution in [3.63, 3.8) is 0 Å². The molecule has 184 valence electrons. The monoisotopic (exact) mass is 476 g/mol. The van der Waals surface area contributed by atoms with Crippen molar-refractivity contribution in [1.82, 2.24) is 0 Å². The zero-order valence-electron chi connectivity index (χ0n) is 19.9. The van der Waals surface area contributed by atoms with Crippen LogP contribution in [0.25, 0.3) is 0 Å². The molecule has 1 aliphatic rings. The lowest BCUT2D eigenvalue weighted by atomic mass is 9.89. The summed E-state index contributed by atoms with van der Waals surface area (Å²) in [5.41, 5.74) is 3.07. The summed E-state index contributed by atoms with van der Waals surface area (Å²) in [5.74, 6) is -0.591. The number of methoxy groups -OCH3 is 1. The van der Waals surface area contributed by atoms with E-state index in [0.717, 1.165) is 23.0 Å². The van der Waals surface area contributed by atoms with Gasteiger partial charge in [0.1, 0.15) is 18.5 Å². The van der Waals surface area contributed by atoms with E-state index in [0.29, 0.717) is 19.8 Å². The van der Waals surface area contributed by atoms with Gasteiger partial charge in [0.05, 0.1) is 38.4 Å². The van der Waals surface area contributed by atoms with E-state index in [9.17, 15) is 4.79 Å². The molecule has 1 fully saturated rings. The third-order valence-electron chi connectivity index (χ3n) is 6.06. The molecule has 1 aliphatic heterocycles. The van der Waals surface area contributed by atoms with Gasteiger partial charge in [-0.3, -0.25) is 0 Å². The minimum atomic E-state index is -0.726. The van der Waals surface area contributed by atoms with Crippen molar-refractivity contribution >= 4 is 6.29 Å². The molecule has 0 unspecified atom stereocenters. The first-order chi connectivity index (χ1) is 17.3. The second kappa shape index (κ2) is 13.3. The third-order valence-corrected chi connectivity index (χ3v) is 6.06. The van der Waals surface area contributed by atoms with Crippen LogP contribution in [0.5, 0.6) is 0 Å². The number of rotatable bonds is 12. The summed E-state index contributed by atoms with van der Waals surface area (Å²) in [5, 5.41) is 0. The van der Waals surface area contributed by atoms with E-state index in [1.807, 2.05) is 91.0 Å². The van der Waals surface area contributed by atoms with Crippen LogP contribution in [0.4, 0.5) is 0 Å². The molecule has 0 saturated carbocycles. The fourth-order valence-corrected chi connectivity index (χ4v) is 4.23. The highest BCUT2D eigenvalue weighted by Crippen LogP contribution is 2.31. The molecule has 0 amide bonds. The van der Waals surface area contributed by atoms with Gasteiger partial charge in [-0.1, -0.05) is 91.0 Å². The fourth-order valence-electron chi connectivity index (χ4n) is 4.23. The lowest BCUT2D eigenvalue weighted by Crippen LogP contribution is -2.58. The zero-order chi connectivity index (χ0) is 24.3. The predicted molar refractivity (Wildman–Crippen MR) is 131 cm³/mol. The molecular formula is C29H32O6. The molecule has 0 N–H and O–H groups in total. The zero-order valence-corrected chi connectivity index (χ0v) is 19.9. The van der Waals surface area contributed by atoms with Crippen molar-refractivity contribution in [2.24, 2.45) is 5.92 Å². The quantitative estimate of drug-likeness (QED) is 0.357. The Bertz CT molecular complexity index is 997. The molecule has 0 radical (unpaired) electrons. The Balaban J connectivity index is 1.48. The number of carbonyl (C=O) groups excluding carboxylic acids is 1. The molecule has 0 bridgehead atoms. The van der Waals surface area contributed by atoms with E-state index in [4.69, 9.17) is 23.7 Å². The summed E-state index contributed by atoms with van der Waals surface area (Å²) < 4.78 is 30.3. The highest BCUT2D eigenvalue weighted by Gasteiger charge is 2.47. The van der Waals surface area contributed by atoms with Crippen LogP contribution < -0.4 is 0 Å². The Labute approximate surface area is 206 Å². The van der Waals surface area contributed by atoms with E-state index in [-0.39, 0.29) is 6.61 Å². The summed E-state index contributed by atoms with van der Waals surface area (Å²) >= 11 is 0. The molecule has 3 aromatic carbocycles. The molecule has 35 heavy (non-hydrogen) atoms. The van der Waals surface area contributed by atoms with Crippen LogP contribution in [0.2, 0.25) is 0 Å². The van der Waals surface area contributed by atoms with Gasteiger partial charge >= 0.3 is 0 Å². The minimum Gasteiger partial charge on any atom is -0.374 e. The van der Waals surface area contributed by atoms with Crippen LogP contribution in [0.1, 0.15) is 16.7 Å². The lowest BCUT2D eigenvalue weighted by molar-refractivity contribution is -0.297. The van der Waals surface area contributed by atoms with Crippen LogP contribution in [-0.2, 0) is 48.3 Å². The number of ether oxygens (including phenoxy) is 5. The predicted octanol–water partition coefficient (Wildman–Crippen LogP) is 4.56. The van der Waals surface area contributed by atoms with Crippen LogP contribution in [0.15, 0.2) is 91.0 Å². The lowest BCUT2D eigenvalue weighted by Gasteiger charge is -2.43. The first-order valence-electron chi connectivity index (χ1n) is 11.8. The van der Waals surface area contributed by atoms with Gasteiger partial charge in [0.2, 0.25) is 0 Å². The highest BCUT2D eigenvalue weighted by molar-refractivity contribution is 5.56. The largest absolute Gasteiger partial charge is 0.374 e. The Hall–Kier alpha value is -2.87. The Kier molecular flexibility index (Phi) is 9.57. The molecule has 0 spiro atoms. The van der Waals surface area contributed by atoms with Gasteiger partial charge in [-0.15, -0.1) is 0 Å². The number of benzene rings is 3. The van der Waals surface area contributed by atoms with E-state index < -0.39 is 30.5 Å². The summed E-state index contributed by atoms with van der Waals surface area (Å²) in [7, 11) is 1.55. The normalized spacial score (nSPS) is 24.2. The first-order valence-corrected chi connectivity index (χ1v) is 11.8. The van der Waals surface area contributed by atoms with Crippen molar-refractivity contribution < 1.29 is 28.5 Å². The van der Waals surface area contributed by atoms with Crippen LogP contribution in [0.3, 0.4) is 0 Å². The Morgan fingerprint density at radius 2 is 1.20 bits per heavy atom. The molecular weight excluding hydrogens is 444 g/mol. The van der Waals surface area contributed by atoms with Gasteiger partial charge in [-0.2, -0.15) is 0 Å². The van der Waals surface area contributed by atoms with Crippen molar-refractivity contribution in [1.29, 1.82) is 0 Å². The smallest absolute Gasteiger partial charge is 0.184 e. The molecule has 0 aromatic heterocycles. The highest BCUT2D eigenvalue weighted by atomic mass is 16.7. The number of hydrogen-bond donors (Lipinski definition) is 0. The van der Waals surface area contributed by atoms with E-state index in [2.05, 4.69) is 0 Å². The van der Waals surface area contributed by atoms with Gasteiger partial charge in [-0.05, 0) is 16.7 Å². The van der Waals surface area contributed by atoms with Crippen LogP contribution in [-0.4, -0.2) is 44.6 Å². The molecule has 0 aliphatic carbocycles. The van der Waals surface area contributed by atoms with Gasteiger partial charge in [0.15, 0.2) is 6.29 Å². The fraction of sp³-hybridized carbons (Fsp3) is 0.345. The Morgan fingerprint density at radius 3 is 1.69 bits per heavy atom. The van der Waals surface area contributed by atoms with E-state index in [1.165, 1.54) is 0 Å². The van der Waals surface area contributed by atoms with Crippen molar-refractivity contribution in [3.05, 3.63) is 108 Å². The Morgan fingerprint density at radius 1 is 0.714 bits per heavy atom. The van der Waals surface area contributed by atoms with Crippen molar-refractivity contribution in [2.75, 3.05) is 13.7 Å². The third kappa shape index (κ3) is 7.07. The number of hydrogen-bond acceptors (Lipinski definition) is 6. The second-order valence-corrected chi connectivity index (χ2v) is 8.52. The van der Waals surface area contributed by atoms with E-state index in [1.54, 1.807) is 7.11 Å². The van der Waals surface area contributed by atoms with Gasteiger partial charge in [0.25, 0.3) is 0 Å². The standard InChI is InChI=1S/C29H32O6/c1-31-29-28(34-20-24-15-9-4-10-16-24)25(17-30)27(33-19-23-13-7-3-8-14-23)26(35-29)21-32-18-22-11-5-2-6-12-22/h2-17,25-29H,18-21H2,1H3/t25-,26-,27-,28-,29+/m1/s1. The van der Waals surface area contributed by atoms with Crippen molar-refractivity contribution in [2.45, 2.75) is 44.4 Å². The number of aldehydes is 1. The first kappa shape index (κ1) is 25.2. The van der Waals surface area contributed by atoms with E-state index >= 15 is 0 Å². The summed E-state index contributed by atoms with van der Waals surface area (Å²) in [4.78, 5) is 12.4. The number of carbonyl (C=O) groups is 1. The summed E-state index contributed by atoms with van der Waals surface area (Å²) in [6.07, 6.45) is -1.51. The molecule has 3 aromatic rings. The molecule has 6 nitrogen and oxygen atoms in total. The summed E-state index contributed by atoms with van der Waals surface area (Å²) in [6.45, 7) is 1.37. The second-order valence-electron chi connectivity index (χ2n) is 8.52. The van der Waals surface area contributed by atoms with Crippen LogP contribution in [0, 0.1) is 5.92 Å². The van der Waals surface area contributed by atoms with Crippen molar-refractivity contribution in [3.8, 4) is 0 Å². The maximum absolute atomic E-state index is 12.4. The molecule has 5 atom stereocenters. The molecule has 6 heteroatoms. The summed E-state index contributed by atoms with van der Waals surface area (Å²) in [6, 6.07) is 29.6. The average Bonchev–Trinajstić information content (AvgIpc) is 2.92. The van der Waals surface area contributed by atoms with Gasteiger partial charge < -0.3 is 28.5 Å². The topological polar surface area (TPSA) is 63.2 Å². The average molecular weight is 477 g/mol. The molecule has 1 heterocycles. The van der Waals surface area contributed by atoms with Gasteiger partial charge in [0, 0.05) is 7.11 Å². The van der Waals surface area contributed by atoms with Crippen LogP contribution >= 0.6 is 0 Å². The minimum absolute atomic E-state index is 0.254. The molecule has 4 rings (SSSR count). The molecule has 1 saturated heterocycles. The maximum atomic E-state index is 12.4.